The summed E-state index contributed by atoms with van der Waals surface area (Å²) in [5.74, 6) is -3.71. The lowest BCUT2D eigenvalue weighted by Gasteiger charge is -2.27. The van der Waals surface area contributed by atoms with E-state index in [1.807, 2.05) is 0 Å². The van der Waals surface area contributed by atoms with Crippen LogP contribution in [0.4, 0.5) is 26.3 Å². The molecule has 0 saturated carbocycles. The standard InChI is InChI=1S/C9H14F6O/c1-5(2)3-4-6(16)7(8(10,11)12)9(13,14)15/h5-7,16H,3-4H2,1-2H3. The van der Waals surface area contributed by atoms with Gasteiger partial charge in [0.05, 0.1) is 6.10 Å². The molecule has 1 atom stereocenters. The fourth-order valence-electron chi connectivity index (χ4n) is 1.29. The largest absolute Gasteiger partial charge is 0.403 e. The third-order valence-corrected chi connectivity index (χ3v) is 2.13. The molecule has 0 spiro atoms. The molecule has 0 radical (unpaired) electrons. The van der Waals surface area contributed by atoms with Gasteiger partial charge in [-0.05, 0) is 18.8 Å². The quantitative estimate of drug-likeness (QED) is 0.759. The van der Waals surface area contributed by atoms with Gasteiger partial charge in [0.25, 0.3) is 0 Å². The van der Waals surface area contributed by atoms with Crippen LogP contribution in [0.1, 0.15) is 26.7 Å². The Kier molecular flexibility index (Phi) is 5.10. The van der Waals surface area contributed by atoms with Gasteiger partial charge >= 0.3 is 12.4 Å². The molecule has 0 aliphatic rings. The summed E-state index contributed by atoms with van der Waals surface area (Å²) in [6.07, 6.45) is -13.8. The van der Waals surface area contributed by atoms with E-state index in [0.717, 1.165) is 0 Å². The van der Waals surface area contributed by atoms with E-state index in [4.69, 9.17) is 5.11 Å². The molecule has 0 fully saturated rings. The smallest absolute Gasteiger partial charge is 0.392 e. The van der Waals surface area contributed by atoms with Crippen molar-refractivity contribution in [1.82, 2.24) is 0 Å². The number of hydrogen-bond donors (Lipinski definition) is 1. The zero-order valence-corrected chi connectivity index (χ0v) is 8.86. The van der Waals surface area contributed by atoms with Crippen LogP contribution in [0.25, 0.3) is 0 Å². The molecule has 1 nitrogen and oxygen atoms in total. The Morgan fingerprint density at radius 3 is 1.50 bits per heavy atom. The van der Waals surface area contributed by atoms with E-state index in [2.05, 4.69) is 0 Å². The first kappa shape index (κ1) is 15.5. The molecule has 16 heavy (non-hydrogen) atoms. The van der Waals surface area contributed by atoms with Crippen molar-refractivity contribution >= 4 is 0 Å². The lowest BCUT2D eigenvalue weighted by atomic mass is 9.94. The number of hydrogen-bond acceptors (Lipinski definition) is 1. The minimum absolute atomic E-state index is 0.0585. The summed E-state index contributed by atoms with van der Waals surface area (Å²) >= 11 is 0. The summed E-state index contributed by atoms with van der Waals surface area (Å²) in [7, 11) is 0. The molecule has 0 aliphatic heterocycles. The van der Waals surface area contributed by atoms with Crippen molar-refractivity contribution in [2.24, 2.45) is 11.8 Å². The van der Waals surface area contributed by atoms with Crippen LogP contribution in [0.5, 0.6) is 0 Å². The van der Waals surface area contributed by atoms with Crippen LogP contribution in [0.15, 0.2) is 0 Å². The van der Waals surface area contributed by atoms with Crippen LogP contribution in [0.2, 0.25) is 0 Å². The first-order valence-electron chi connectivity index (χ1n) is 4.77. The zero-order valence-electron chi connectivity index (χ0n) is 8.86. The van der Waals surface area contributed by atoms with E-state index in [1.54, 1.807) is 13.8 Å². The number of rotatable bonds is 4. The molecule has 98 valence electrons. The predicted octanol–water partition coefficient (Wildman–Crippen LogP) is 3.52. The van der Waals surface area contributed by atoms with Gasteiger partial charge in [0.1, 0.15) is 0 Å². The van der Waals surface area contributed by atoms with Crippen molar-refractivity contribution < 1.29 is 31.4 Å². The van der Waals surface area contributed by atoms with Crippen molar-refractivity contribution in [3.8, 4) is 0 Å². The van der Waals surface area contributed by atoms with Crippen LogP contribution < -0.4 is 0 Å². The molecule has 0 aliphatic carbocycles. The summed E-state index contributed by atoms with van der Waals surface area (Å²) < 4.78 is 72.7. The topological polar surface area (TPSA) is 20.2 Å². The Labute approximate surface area is 89.4 Å². The van der Waals surface area contributed by atoms with Crippen molar-refractivity contribution in [2.45, 2.75) is 45.1 Å². The average molecular weight is 252 g/mol. The van der Waals surface area contributed by atoms with Gasteiger partial charge < -0.3 is 5.11 Å². The van der Waals surface area contributed by atoms with E-state index in [-0.39, 0.29) is 12.3 Å². The van der Waals surface area contributed by atoms with E-state index < -0.39 is 30.8 Å². The lowest BCUT2D eigenvalue weighted by molar-refractivity contribution is -0.306. The second-order valence-corrected chi connectivity index (χ2v) is 4.10. The molecule has 0 aromatic carbocycles. The van der Waals surface area contributed by atoms with Crippen molar-refractivity contribution in [3.63, 3.8) is 0 Å². The monoisotopic (exact) mass is 252 g/mol. The van der Waals surface area contributed by atoms with E-state index in [1.165, 1.54) is 0 Å². The van der Waals surface area contributed by atoms with Crippen LogP contribution >= 0.6 is 0 Å². The van der Waals surface area contributed by atoms with Gasteiger partial charge in [-0.2, -0.15) is 26.3 Å². The fourth-order valence-corrected chi connectivity index (χ4v) is 1.29. The minimum Gasteiger partial charge on any atom is -0.392 e. The predicted molar refractivity (Wildman–Crippen MR) is 45.7 cm³/mol. The maximum atomic E-state index is 12.1. The first-order valence-corrected chi connectivity index (χ1v) is 4.77. The number of alkyl halides is 6. The van der Waals surface area contributed by atoms with E-state index >= 15 is 0 Å². The van der Waals surface area contributed by atoms with Crippen molar-refractivity contribution in [2.75, 3.05) is 0 Å². The van der Waals surface area contributed by atoms with Gasteiger partial charge in [0, 0.05) is 0 Å². The molecule has 0 amide bonds. The Bertz CT molecular complexity index is 193. The van der Waals surface area contributed by atoms with Gasteiger partial charge in [0.2, 0.25) is 0 Å². The van der Waals surface area contributed by atoms with E-state index in [0.29, 0.717) is 0 Å². The molecule has 0 heterocycles. The fraction of sp³-hybridized carbons (Fsp3) is 1.00. The highest BCUT2D eigenvalue weighted by molar-refractivity contribution is 4.82. The Balaban J connectivity index is 4.66. The maximum absolute atomic E-state index is 12.1. The molecular weight excluding hydrogens is 238 g/mol. The molecule has 1 N–H and O–H groups in total. The summed E-state index contributed by atoms with van der Waals surface area (Å²) in [5.41, 5.74) is 0. The zero-order chi connectivity index (χ0) is 13.1. The molecule has 0 bridgehead atoms. The second-order valence-electron chi connectivity index (χ2n) is 4.10. The van der Waals surface area contributed by atoms with Crippen molar-refractivity contribution in [3.05, 3.63) is 0 Å². The minimum atomic E-state index is -5.46. The SMILES string of the molecule is CC(C)CCC(O)C(C(F)(F)F)C(F)(F)F. The highest BCUT2D eigenvalue weighted by Gasteiger charge is 2.59. The molecule has 0 aromatic rings. The Morgan fingerprint density at radius 1 is 0.875 bits per heavy atom. The van der Waals surface area contributed by atoms with Gasteiger partial charge in [-0.15, -0.1) is 0 Å². The number of halogens is 6. The molecular formula is C9H14F6O. The second kappa shape index (κ2) is 5.25. The third-order valence-electron chi connectivity index (χ3n) is 2.13. The summed E-state index contributed by atoms with van der Waals surface area (Å²) in [4.78, 5) is 0. The Morgan fingerprint density at radius 2 is 1.25 bits per heavy atom. The Hall–Kier alpha value is -0.460. The highest BCUT2D eigenvalue weighted by atomic mass is 19.4. The first-order chi connectivity index (χ1) is 6.96. The van der Waals surface area contributed by atoms with Crippen LogP contribution in [-0.4, -0.2) is 23.6 Å². The van der Waals surface area contributed by atoms with Crippen LogP contribution in [0, 0.1) is 11.8 Å². The number of aliphatic hydroxyl groups is 1. The van der Waals surface area contributed by atoms with Gasteiger partial charge in [-0.1, -0.05) is 13.8 Å². The maximum Gasteiger partial charge on any atom is 0.403 e. The molecule has 0 aromatic heterocycles. The highest BCUT2D eigenvalue weighted by Crippen LogP contribution is 2.42. The normalized spacial score (nSPS) is 15.9. The molecule has 0 saturated heterocycles. The van der Waals surface area contributed by atoms with Crippen LogP contribution in [0.3, 0.4) is 0 Å². The van der Waals surface area contributed by atoms with E-state index in [9.17, 15) is 26.3 Å². The summed E-state index contributed by atoms with van der Waals surface area (Å²) in [6, 6.07) is 0. The lowest BCUT2D eigenvalue weighted by Crippen LogP contribution is -2.44. The van der Waals surface area contributed by atoms with Crippen molar-refractivity contribution in [1.29, 1.82) is 0 Å². The molecule has 7 heteroatoms. The van der Waals surface area contributed by atoms with Gasteiger partial charge in [-0.3, -0.25) is 0 Å². The summed E-state index contributed by atoms with van der Waals surface area (Å²) in [6.45, 7) is 3.31. The molecule has 1 unspecified atom stereocenters. The summed E-state index contributed by atoms with van der Waals surface area (Å²) in [5, 5.41) is 8.99. The van der Waals surface area contributed by atoms with Gasteiger partial charge in [-0.25, -0.2) is 0 Å². The van der Waals surface area contributed by atoms with Crippen LogP contribution in [-0.2, 0) is 0 Å². The third kappa shape index (κ3) is 5.05. The number of aliphatic hydroxyl groups excluding tert-OH is 1. The molecule has 0 rings (SSSR count). The average Bonchev–Trinajstić information content (AvgIpc) is 1.94. The van der Waals surface area contributed by atoms with Gasteiger partial charge in [0.15, 0.2) is 5.92 Å².